The van der Waals surface area contributed by atoms with Crippen molar-refractivity contribution in [1.82, 2.24) is 20.0 Å². The van der Waals surface area contributed by atoms with Crippen LogP contribution in [0.25, 0.3) is 0 Å². The van der Waals surface area contributed by atoms with E-state index in [1.807, 2.05) is 29.3 Å². The number of thiophene rings is 1. The number of aliphatic imine (C=N–C) groups is 1. The second-order valence-electron chi connectivity index (χ2n) is 5.61. The van der Waals surface area contributed by atoms with E-state index < -0.39 is 0 Å². The molecule has 2 aromatic heterocycles. The number of nitrogens with one attached hydrogen (secondary N) is 1. The van der Waals surface area contributed by atoms with Gasteiger partial charge in [-0.25, -0.2) is 0 Å². The summed E-state index contributed by atoms with van der Waals surface area (Å²) in [6.07, 6.45) is 7.13. The highest BCUT2D eigenvalue weighted by molar-refractivity contribution is 7.09. The van der Waals surface area contributed by atoms with Crippen molar-refractivity contribution < 1.29 is 0 Å². The number of hydrogen-bond acceptors (Lipinski definition) is 3. The van der Waals surface area contributed by atoms with Crippen molar-refractivity contribution in [3.8, 4) is 0 Å². The summed E-state index contributed by atoms with van der Waals surface area (Å²) in [6, 6.07) is 4.30. The molecule has 2 heterocycles. The number of guanidine groups is 1. The van der Waals surface area contributed by atoms with Crippen LogP contribution in [0.3, 0.4) is 0 Å². The van der Waals surface area contributed by atoms with Gasteiger partial charge in [-0.1, -0.05) is 6.07 Å². The smallest absolute Gasteiger partial charge is 0.193 e. The maximum absolute atomic E-state index is 4.74. The Bertz CT molecular complexity index is 588. The third-order valence-electron chi connectivity index (χ3n) is 3.61. The highest BCUT2D eigenvalue weighted by atomic mass is 32.1. The Morgan fingerprint density at radius 2 is 2.30 bits per heavy atom. The fourth-order valence-electron chi connectivity index (χ4n) is 2.38. The van der Waals surface area contributed by atoms with Crippen molar-refractivity contribution in [1.29, 1.82) is 0 Å². The van der Waals surface area contributed by atoms with Crippen molar-refractivity contribution in [2.24, 2.45) is 12.0 Å². The van der Waals surface area contributed by atoms with Gasteiger partial charge in [-0.2, -0.15) is 5.10 Å². The van der Waals surface area contributed by atoms with Gasteiger partial charge in [0, 0.05) is 44.8 Å². The molecule has 0 radical (unpaired) electrons. The first kappa shape index (κ1) is 17.5. The number of hydrogen-bond donors (Lipinski definition) is 1. The molecule has 0 aromatic carbocycles. The molecule has 0 aliphatic heterocycles. The van der Waals surface area contributed by atoms with Gasteiger partial charge in [0.2, 0.25) is 0 Å². The van der Waals surface area contributed by atoms with Gasteiger partial charge in [-0.3, -0.25) is 9.67 Å². The SMILES string of the molecule is CCNC(=NCCCc1cnn(C)c1)N(C)CCc1cccs1. The number of aromatic nitrogens is 2. The minimum Gasteiger partial charge on any atom is -0.357 e. The molecule has 0 atom stereocenters. The van der Waals surface area contributed by atoms with Gasteiger partial charge in [0.1, 0.15) is 0 Å². The van der Waals surface area contributed by atoms with Gasteiger partial charge in [0.05, 0.1) is 6.20 Å². The Morgan fingerprint density at radius 3 is 2.96 bits per heavy atom. The fraction of sp³-hybridized carbons (Fsp3) is 0.529. The first-order valence-electron chi connectivity index (χ1n) is 8.18. The van der Waals surface area contributed by atoms with Gasteiger partial charge >= 0.3 is 0 Å². The van der Waals surface area contributed by atoms with E-state index in [-0.39, 0.29) is 0 Å². The Kier molecular flexibility index (Phi) is 7.13. The van der Waals surface area contributed by atoms with Crippen LogP contribution in [0.4, 0.5) is 0 Å². The molecule has 0 aliphatic carbocycles. The van der Waals surface area contributed by atoms with E-state index in [4.69, 9.17) is 4.99 Å². The average molecular weight is 334 g/mol. The third kappa shape index (κ3) is 6.06. The second-order valence-corrected chi connectivity index (χ2v) is 6.64. The molecule has 0 aliphatic rings. The zero-order valence-electron chi connectivity index (χ0n) is 14.3. The lowest BCUT2D eigenvalue weighted by molar-refractivity contribution is 0.486. The zero-order valence-corrected chi connectivity index (χ0v) is 15.1. The molecule has 2 aromatic rings. The number of rotatable bonds is 8. The molecule has 2 rings (SSSR count). The normalized spacial score (nSPS) is 11.7. The molecule has 0 saturated carbocycles. The van der Waals surface area contributed by atoms with Crippen LogP contribution in [0.15, 0.2) is 34.9 Å². The minimum atomic E-state index is 0.834. The van der Waals surface area contributed by atoms with E-state index in [2.05, 4.69) is 53.0 Å². The standard InChI is InChI=1S/C17H27N5S/c1-4-18-17(21(2)11-9-16-8-6-12-23-16)19-10-5-7-15-13-20-22(3)14-15/h6,8,12-14H,4-5,7,9-11H2,1-3H3,(H,18,19). The van der Waals surface area contributed by atoms with Gasteiger partial charge in [-0.05, 0) is 43.2 Å². The molecule has 0 amide bonds. The summed E-state index contributed by atoms with van der Waals surface area (Å²) >= 11 is 1.82. The molecular formula is C17H27N5S. The fourth-order valence-corrected chi connectivity index (χ4v) is 3.08. The summed E-state index contributed by atoms with van der Waals surface area (Å²) in [4.78, 5) is 8.38. The average Bonchev–Trinajstić information content (AvgIpc) is 3.19. The highest BCUT2D eigenvalue weighted by Gasteiger charge is 2.06. The van der Waals surface area contributed by atoms with Crippen molar-refractivity contribution in [3.63, 3.8) is 0 Å². The summed E-state index contributed by atoms with van der Waals surface area (Å²) in [5.74, 6) is 0.996. The lowest BCUT2D eigenvalue weighted by Gasteiger charge is -2.21. The van der Waals surface area contributed by atoms with E-state index in [1.54, 1.807) is 0 Å². The first-order chi connectivity index (χ1) is 11.2. The molecule has 1 N–H and O–H groups in total. The quantitative estimate of drug-likeness (QED) is 0.459. The maximum atomic E-state index is 4.74. The lowest BCUT2D eigenvalue weighted by Crippen LogP contribution is -2.40. The Balaban J connectivity index is 1.78. The monoisotopic (exact) mass is 333 g/mol. The van der Waals surface area contributed by atoms with E-state index >= 15 is 0 Å². The van der Waals surface area contributed by atoms with Crippen molar-refractivity contribution in [2.45, 2.75) is 26.2 Å². The van der Waals surface area contributed by atoms with Crippen LogP contribution < -0.4 is 5.32 Å². The Labute approximate surface area is 143 Å². The van der Waals surface area contributed by atoms with E-state index in [0.717, 1.165) is 44.9 Å². The van der Waals surface area contributed by atoms with Crippen LogP contribution in [-0.2, 0) is 19.9 Å². The van der Waals surface area contributed by atoms with Gasteiger partial charge in [0.25, 0.3) is 0 Å². The lowest BCUT2D eigenvalue weighted by atomic mass is 10.2. The van der Waals surface area contributed by atoms with Gasteiger partial charge < -0.3 is 10.2 Å². The number of aryl methyl sites for hydroxylation is 2. The topological polar surface area (TPSA) is 45.5 Å². The predicted octanol–water partition coefficient (Wildman–Crippen LogP) is 2.55. The molecule has 23 heavy (non-hydrogen) atoms. The summed E-state index contributed by atoms with van der Waals surface area (Å²) in [7, 11) is 4.06. The van der Waals surface area contributed by atoms with Crippen LogP contribution in [-0.4, -0.2) is 47.3 Å². The number of nitrogens with zero attached hydrogens (tertiary/aromatic N) is 4. The van der Waals surface area contributed by atoms with Crippen LogP contribution >= 0.6 is 11.3 Å². The zero-order chi connectivity index (χ0) is 16.5. The van der Waals surface area contributed by atoms with Crippen molar-refractivity contribution in [3.05, 3.63) is 40.3 Å². The van der Waals surface area contributed by atoms with E-state index in [9.17, 15) is 0 Å². The molecule has 0 fully saturated rings. The molecule has 126 valence electrons. The summed E-state index contributed by atoms with van der Waals surface area (Å²) < 4.78 is 1.85. The maximum Gasteiger partial charge on any atom is 0.193 e. The summed E-state index contributed by atoms with van der Waals surface area (Å²) in [5.41, 5.74) is 1.28. The molecule has 0 bridgehead atoms. The summed E-state index contributed by atoms with van der Waals surface area (Å²) in [6.45, 7) is 4.82. The van der Waals surface area contributed by atoms with Crippen LogP contribution in [0.2, 0.25) is 0 Å². The number of likely N-dealkylation sites (N-methyl/N-ethyl adjacent to an activating group) is 1. The van der Waals surface area contributed by atoms with Gasteiger partial charge in [0.15, 0.2) is 5.96 Å². The first-order valence-corrected chi connectivity index (χ1v) is 9.06. The second kappa shape index (κ2) is 9.35. The van der Waals surface area contributed by atoms with E-state index in [0.29, 0.717) is 0 Å². The van der Waals surface area contributed by atoms with Crippen LogP contribution in [0.5, 0.6) is 0 Å². The molecule has 6 heteroatoms. The summed E-state index contributed by atoms with van der Waals surface area (Å²) in [5, 5.41) is 9.71. The molecule has 5 nitrogen and oxygen atoms in total. The van der Waals surface area contributed by atoms with Gasteiger partial charge in [-0.15, -0.1) is 11.3 Å². The predicted molar refractivity (Wildman–Crippen MR) is 98.2 cm³/mol. The van der Waals surface area contributed by atoms with Crippen molar-refractivity contribution in [2.75, 3.05) is 26.7 Å². The van der Waals surface area contributed by atoms with Crippen molar-refractivity contribution >= 4 is 17.3 Å². The van der Waals surface area contributed by atoms with Crippen LogP contribution in [0.1, 0.15) is 23.8 Å². The largest absolute Gasteiger partial charge is 0.357 e. The molecule has 0 saturated heterocycles. The Morgan fingerprint density at radius 1 is 1.43 bits per heavy atom. The third-order valence-corrected chi connectivity index (χ3v) is 4.55. The molecular weight excluding hydrogens is 306 g/mol. The minimum absolute atomic E-state index is 0.834. The molecule has 0 unspecified atom stereocenters. The van der Waals surface area contributed by atoms with Crippen LogP contribution in [0, 0.1) is 0 Å². The molecule has 0 spiro atoms. The van der Waals surface area contributed by atoms with E-state index in [1.165, 1.54) is 10.4 Å². The highest BCUT2D eigenvalue weighted by Crippen LogP contribution is 2.09. The Hall–Kier alpha value is -1.82.